The standard InChI is InChI=1S/C12H17N5O4/c1-16-8-9(7-13-16)11-10(12(19)20-2)14-15-17(11)3-5-21-6-4-18/h7-8,18H,3-6H2,1-2H3. The number of aliphatic hydroxyl groups excluding tert-OH is 1. The molecule has 0 aliphatic carbocycles. The molecule has 2 heterocycles. The van der Waals surface area contributed by atoms with E-state index >= 15 is 0 Å². The minimum absolute atomic E-state index is 0.0414. The molecule has 0 radical (unpaired) electrons. The minimum atomic E-state index is -0.559. The molecule has 0 aromatic carbocycles. The Balaban J connectivity index is 2.28. The van der Waals surface area contributed by atoms with E-state index in [9.17, 15) is 4.79 Å². The van der Waals surface area contributed by atoms with Crippen LogP contribution < -0.4 is 0 Å². The maximum Gasteiger partial charge on any atom is 0.360 e. The van der Waals surface area contributed by atoms with Gasteiger partial charge in [-0.25, -0.2) is 9.48 Å². The van der Waals surface area contributed by atoms with Gasteiger partial charge in [0.25, 0.3) is 0 Å². The van der Waals surface area contributed by atoms with Crippen LogP contribution in [-0.2, 0) is 23.1 Å². The number of methoxy groups -OCH3 is 1. The number of aryl methyl sites for hydroxylation is 1. The highest BCUT2D eigenvalue weighted by atomic mass is 16.5. The molecule has 114 valence electrons. The van der Waals surface area contributed by atoms with E-state index in [0.29, 0.717) is 24.4 Å². The normalized spacial score (nSPS) is 10.8. The van der Waals surface area contributed by atoms with Crippen molar-refractivity contribution >= 4 is 5.97 Å². The number of hydrogen-bond acceptors (Lipinski definition) is 7. The summed E-state index contributed by atoms with van der Waals surface area (Å²) in [5.41, 5.74) is 1.38. The van der Waals surface area contributed by atoms with Gasteiger partial charge in [0.05, 0.1) is 39.7 Å². The Bertz CT molecular complexity index is 607. The second-order valence-electron chi connectivity index (χ2n) is 4.24. The first-order valence-electron chi connectivity index (χ1n) is 6.36. The molecule has 0 amide bonds. The average Bonchev–Trinajstić information content (AvgIpc) is 3.08. The molecule has 0 aliphatic heterocycles. The highest BCUT2D eigenvalue weighted by molar-refractivity contribution is 5.93. The zero-order valence-corrected chi connectivity index (χ0v) is 11.9. The van der Waals surface area contributed by atoms with Crippen LogP contribution in [0.5, 0.6) is 0 Å². The van der Waals surface area contributed by atoms with E-state index in [1.165, 1.54) is 7.11 Å². The molecular formula is C12H17N5O4. The summed E-state index contributed by atoms with van der Waals surface area (Å²) >= 11 is 0. The fourth-order valence-electron chi connectivity index (χ4n) is 1.85. The molecule has 0 bridgehead atoms. The summed E-state index contributed by atoms with van der Waals surface area (Å²) in [6.07, 6.45) is 3.38. The average molecular weight is 295 g/mol. The first-order chi connectivity index (χ1) is 10.2. The molecule has 2 aromatic rings. The van der Waals surface area contributed by atoms with Gasteiger partial charge in [-0.05, 0) is 0 Å². The molecule has 2 rings (SSSR count). The fourth-order valence-corrected chi connectivity index (χ4v) is 1.85. The van der Waals surface area contributed by atoms with E-state index in [1.807, 2.05) is 0 Å². The predicted octanol–water partition coefficient (Wildman–Crippen LogP) is -0.526. The SMILES string of the molecule is COC(=O)c1nnn(CCOCCO)c1-c1cnn(C)c1. The summed E-state index contributed by atoms with van der Waals surface area (Å²) in [5.74, 6) is -0.559. The van der Waals surface area contributed by atoms with Crippen molar-refractivity contribution in [3.63, 3.8) is 0 Å². The van der Waals surface area contributed by atoms with Crippen molar-refractivity contribution in [3.8, 4) is 11.3 Å². The van der Waals surface area contributed by atoms with Crippen LogP contribution in [0.25, 0.3) is 11.3 Å². The van der Waals surface area contributed by atoms with Gasteiger partial charge in [-0.15, -0.1) is 5.10 Å². The largest absolute Gasteiger partial charge is 0.464 e. The summed E-state index contributed by atoms with van der Waals surface area (Å²) in [5, 5.41) is 20.6. The van der Waals surface area contributed by atoms with E-state index in [-0.39, 0.29) is 18.9 Å². The molecule has 0 saturated carbocycles. The van der Waals surface area contributed by atoms with Gasteiger partial charge < -0.3 is 14.6 Å². The molecule has 2 aromatic heterocycles. The summed E-state index contributed by atoms with van der Waals surface area (Å²) in [6.45, 7) is 0.951. The monoisotopic (exact) mass is 295 g/mol. The fraction of sp³-hybridized carbons (Fsp3) is 0.500. The number of ether oxygens (including phenoxy) is 2. The van der Waals surface area contributed by atoms with Crippen LogP contribution in [0.3, 0.4) is 0 Å². The maximum atomic E-state index is 11.8. The molecule has 0 spiro atoms. The number of aliphatic hydroxyl groups is 1. The van der Waals surface area contributed by atoms with Crippen molar-refractivity contribution in [1.82, 2.24) is 24.8 Å². The molecule has 0 saturated heterocycles. The number of carbonyl (C=O) groups is 1. The highest BCUT2D eigenvalue weighted by Gasteiger charge is 2.22. The van der Waals surface area contributed by atoms with Crippen LogP contribution >= 0.6 is 0 Å². The Labute approximate surface area is 121 Å². The maximum absolute atomic E-state index is 11.8. The van der Waals surface area contributed by atoms with Gasteiger partial charge in [-0.2, -0.15) is 5.10 Å². The second-order valence-corrected chi connectivity index (χ2v) is 4.24. The van der Waals surface area contributed by atoms with Crippen LogP contribution in [0.1, 0.15) is 10.5 Å². The number of hydrogen-bond donors (Lipinski definition) is 1. The van der Waals surface area contributed by atoms with Crippen molar-refractivity contribution < 1.29 is 19.4 Å². The van der Waals surface area contributed by atoms with Gasteiger partial charge in [0.15, 0.2) is 5.69 Å². The van der Waals surface area contributed by atoms with E-state index in [2.05, 4.69) is 15.4 Å². The molecular weight excluding hydrogens is 278 g/mol. The number of esters is 1. The quantitative estimate of drug-likeness (QED) is 0.541. The molecule has 9 nitrogen and oxygen atoms in total. The molecule has 9 heteroatoms. The van der Waals surface area contributed by atoms with Crippen LogP contribution in [-0.4, -0.2) is 62.8 Å². The van der Waals surface area contributed by atoms with E-state index in [1.54, 1.807) is 28.8 Å². The molecule has 0 atom stereocenters. The zero-order chi connectivity index (χ0) is 15.2. The third-order valence-electron chi connectivity index (χ3n) is 2.78. The van der Waals surface area contributed by atoms with Crippen LogP contribution in [0, 0.1) is 0 Å². The smallest absolute Gasteiger partial charge is 0.360 e. The molecule has 0 unspecified atom stereocenters. The Hall–Kier alpha value is -2.26. The lowest BCUT2D eigenvalue weighted by Gasteiger charge is -2.06. The first-order valence-corrected chi connectivity index (χ1v) is 6.36. The zero-order valence-electron chi connectivity index (χ0n) is 11.9. The van der Waals surface area contributed by atoms with Gasteiger partial charge in [0, 0.05) is 18.8 Å². The number of aromatic nitrogens is 5. The Kier molecular flexibility index (Phi) is 5.01. The van der Waals surface area contributed by atoms with E-state index in [4.69, 9.17) is 14.6 Å². The Morgan fingerprint density at radius 1 is 1.43 bits per heavy atom. The van der Waals surface area contributed by atoms with Crippen molar-refractivity contribution in [3.05, 3.63) is 18.1 Å². The molecule has 1 N–H and O–H groups in total. The van der Waals surface area contributed by atoms with E-state index < -0.39 is 5.97 Å². The first kappa shape index (κ1) is 15.1. The number of nitrogens with zero attached hydrogens (tertiary/aromatic N) is 5. The molecule has 0 aliphatic rings. The lowest BCUT2D eigenvalue weighted by atomic mass is 10.2. The summed E-state index contributed by atoms with van der Waals surface area (Å²) in [6, 6.07) is 0. The van der Waals surface area contributed by atoms with Gasteiger partial charge in [0.1, 0.15) is 5.69 Å². The van der Waals surface area contributed by atoms with Crippen molar-refractivity contribution in [2.24, 2.45) is 7.05 Å². The third kappa shape index (κ3) is 3.44. The Morgan fingerprint density at radius 3 is 2.86 bits per heavy atom. The highest BCUT2D eigenvalue weighted by Crippen LogP contribution is 2.22. The third-order valence-corrected chi connectivity index (χ3v) is 2.78. The van der Waals surface area contributed by atoms with Crippen molar-refractivity contribution in [2.45, 2.75) is 6.54 Å². The van der Waals surface area contributed by atoms with Gasteiger partial charge in [-0.3, -0.25) is 4.68 Å². The van der Waals surface area contributed by atoms with Crippen LogP contribution in [0.15, 0.2) is 12.4 Å². The Morgan fingerprint density at radius 2 is 2.24 bits per heavy atom. The van der Waals surface area contributed by atoms with E-state index in [0.717, 1.165) is 0 Å². The topological polar surface area (TPSA) is 104 Å². The molecule has 0 fully saturated rings. The number of rotatable bonds is 7. The van der Waals surface area contributed by atoms with Crippen molar-refractivity contribution in [1.29, 1.82) is 0 Å². The predicted molar refractivity (Wildman–Crippen MR) is 71.5 cm³/mol. The lowest BCUT2D eigenvalue weighted by molar-refractivity contribution is 0.0594. The van der Waals surface area contributed by atoms with Gasteiger partial charge >= 0.3 is 5.97 Å². The van der Waals surface area contributed by atoms with Crippen LogP contribution in [0.4, 0.5) is 0 Å². The van der Waals surface area contributed by atoms with Crippen LogP contribution in [0.2, 0.25) is 0 Å². The van der Waals surface area contributed by atoms with Crippen molar-refractivity contribution in [2.75, 3.05) is 26.9 Å². The van der Waals surface area contributed by atoms with Gasteiger partial charge in [0.2, 0.25) is 0 Å². The summed E-state index contributed by atoms with van der Waals surface area (Å²) in [4.78, 5) is 11.8. The molecule has 21 heavy (non-hydrogen) atoms. The number of carbonyl (C=O) groups excluding carboxylic acids is 1. The lowest BCUT2D eigenvalue weighted by Crippen LogP contribution is -2.11. The second kappa shape index (κ2) is 6.95. The van der Waals surface area contributed by atoms with Gasteiger partial charge in [-0.1, -0.05) is 5.21 Å². The minimum Gasteiger partial charge on any atom is -0.464 e. The summed E-state index contributed by atoms with van der Waals surface area (Å²) < 4.78 is 13.1. The summed E-state index contributed by atoms with van der Waals surface area (Å²) in [7, 11) is 3.07.